The number of carbonyl (C=O) groups is 2. The molecule has 31 heavy (non-hydrogen) atoms. The van der Waals surface area contributed by atoms with Crippen LogP contribution in [-0.2, 0) is 14.8 Å². The quantitative estimate of drug-likeness (QED) is 0.657. The molecule has 0 bridgehead atoms. The van der Waals surface area contributed by atoms with Crippen LogP contribution < -0.4 is 5.32 Å². The normalized spacial score (nSPS) is 28.4. The maximum atomic E-state index is 13.1. The second-order valence-corrected chi connectivity index (χ2v) is 11.3. The molecule has 2 heterocycles. The molecule has 3 aliphatic rings. The van der Waals surface area contributed by atoms with Crippen LogP contribution in [0.2, 0.25) is 10.0 Å². The van der Waals surface area contributed by atoms with Crippen molar-refractivity contribution in [1.29, 1.82) is 0 Å². The van der Waals surface area contributed by atoms with Gasteiger partial charge in [-0.1, -0.05) is 43.0 Å². The van der Waals surface area contributed by atoms with Gasteiger partial charge in [0.2, 0.25) is 10.0 Å². The van der Waals surface area contributed by atoms with Gasteiger partial charge in [-0.3, -0.25) is 9.69 Å². The first-order valence-electron chi connectivity index (χ1n) is 10.5. The number of rotatable bonds is 4. The third-order valence-corrected chi connectivity index (χ3v) is 9.30. The van der Waals surface area contributed by atoms with Crippen LogP contribution in [0.15, 0.2) is 23.1 Å². The number of amides is 3. The first-order valence-corrected chi connectivity index (χ1v) is 12.7. The van der Waals surface area contributed by atoms with Gasteiger partial charge in [0.15, 0.2) is 0 Å². The lowest BCUT2D eigenvalue weighted by Crippen LogP contribution is -2.55. The van der Waals surface area contributed by atoms with Crippen LogP contribution in [0.4, 0.5) is 4.79 Å². The van der Waals surface area contributed by atoms with E-state index in [1.807, 2.05) is 11.8 Å². The highest BCUT2D eigenvalue weighted by Crippen LogP contribution is 2.38. The Balaban J connectivity index is 1.41. The zero-order valence-corrected chi connectivity index (χ0v) is 19.6. The van der Waals surface area contributed by atoms with Gasteiger partial charge in [-0.25, -0.2) is 18.1 Å². The Hall–Kier alpha value is -1.39. The fourth-order valence-electron chi connectivity index (χ4n) is 4.75. The Labute approximate surface area is 192 Å². The van der Waals surface area contributed by atoms with Gasteiger partial charge >= 0.3 is 6.03 Å². The van der Waals surface area contributed by atoms with Crippen molar-refractivity contribution in [1.82, 2.24) is 19.4 Å². The molecule has 3 amide bonds. The minimum Gasteiger partial charge on any atom is -0.323 e. The summed E-state index contributed by atoms with van der Waals surface area (Å²) in [5, 5.41) is 3.37. The number of hydrogen-bond acceptors (Lipinski definition) is 5. The van der Waals surface area contributed by atoms with Gasteiger partial charge in [0.1, 0.15) is 10.4 Å². The number of halogens is 2. The van der Waals surface area contributed by atoms with Crippen molar-refractivity contribution < 1.29 is 18.0 Å². The predicted molar refractivity (Wildman–Crippen MR) is 117 cm³/mol. The van der Waals surface area contributed by atoms with Gasteiger partial charge in [-0.05, 0) is 37.0 Å². The van der Waals surface area contributed by atoms with E-state index in [0.717, 1.165) is 19.3 Å². The second kappa shape index (κ2) is 8.51. The highest BCUT2D eigenvalue weighted by atomic mass is 35.5. The third-order valence-electron chi connectivity index (χ3n) is 6.69. The number of imide groups is 1. The topological polar surface area (TPSA) is 90.0 Å². The molecular weight excluding hydrogens is 463 g/mol. The summed E-state index contributed by atoms with van der Waals surface area (Å²) in [6, 6.07) is 3.99. The molecule has 8 nitrogen and oxygen atoms in total. The van der Waals surface area contributed by atoms with E-state index in [0.29, 0.717) is 24.5 Å². The molecule has 11 heteroatoms. The smallest absolute Gasteiger partial charge is 0.323 e. The molecule has 1 N–H and O–H groups in total. The minimum atomic E-state index is -3.79. The van der Waals surface area contributed by atoms with E-state index in [1.54, 1.807) is 6.07 Å². The summed E-state index contributed by atoms with van der Waals surface area (Å²) in [4.78, 5) is 28.9. The fourth-order valence-corrected chi connectivity index (χ4v) is 6.91. The van der Waals surface area contributed by atoms with E-state index in [4.69, 9.17) is 23.2 Å². The standard InChI is InChI=1S/C20H26Cl2N4O4S/c1-14-4-2-3-7-20(14)18(27)26(19(28)23-20)13-24-8-10-25(11-9-24)31(29,30)17-12-15(21)5-6-16(17)22/h5-6,12,14H,2-4,7-11,13H2,1H3,(H,23,28). The Morgan fingerprint density at radius 1 is 1.13 bits per heavy atom. The molecule has 2 saturated heterocycles. The molecule has 1 saturated carbocycles. The molecule has 1 aromatic rings. The monoisotopic (exact) mass is 488 g/mol. The van der Waals surface area contributed by atoms with E-state index in [2.05, 4.69) is 5.32 Å². The number of sulfonamides is 1. The van der Waals surface area contributed by atoms with E-state index in [-0.39, 0.29) is 47.5 Å². The number of nitrogens with zero attached hydrogens (tertiary/aromatic N) is 3. The molecule has 2 unspecified atom stereocenters. The molecule has 0 aromatic heterocycles. The van der Waals surface area contributed by atoms with Crippen molar-refractivity contribution in [3.05, 3.63) is 28.2 Å². The van der Waals surface area contributed by atoms with Crippen LogP contribution in [-0.4, -0.2) is 72.8 Å². The van der Waals surface area contributed by atoms with Crippen molar-refractivity contribution in [2.24, 2.45) is 5.92 Å². The molecule has 4 rings (SSSR count). The number of urea groups is 1. The van der Waals surface area contributed by atoms with E-state index in [9.17, 15) is 18.0 Å². The Bertz CT molecular complexity index is 997. The maximum absolute atomic E-state index is 13.1. The molecular formula is C20H26Cl2N4O4S. The van der Waals surface area contributed by atoms with Crippen LogP contribution in [0.3, 0.4) is 0 Å². The highest BCUT2D eigenvalue weighted by Gasteiger charge is 2.55. The Morgan fingerprint density at radius 2 is 1.84 bits per heavy atom. The molecule has 1 spiro atoms. The van der Waals surface area contributed by atoms with Crippen molar-refractivity contribution in [2.75, 3.05) is 32.8 Å². The van der Waals surface area contributed by atoms with Crippen molar-refractivity contribution in [3.8, 4) is 0 Å². The Morgan fingerprint density at radius 3 is 2.52 bits per heavy atom. The van der Waals surface area contributed by atoms with Crippen LogP contribution in [0, 0.1) is 5.92 Å². The third kappa shape index (κ3) is 4.06. The maximum Gasteiger partial charge on any atom is 0.326 e. The average Bonchev–Trinajstić information content (AvgIpc) is 2.97. The van der Waals surface area contributed by atoms with E-state index in [1.165, 1.54) is 21.3 Å². The summed E-state index contributed by atoms with van der Waals surface area (Å²) in [6.07, 6.45) is 3.58. The van der Waals surface area contributed by atoms with E-state index >= 15 is 0 Å². The second-order valence-electron chi connectivity index (χ2n) is 8.52. The van der Waals surface area contributed by atoms with Crippen molar-refractivity contribution in [3.63, 3.8) is 0 Å². The van der Waals surface area contributed by atoms with Crippen molar-refractivity contribution in [2.45, 2.75) is 43.0 Å². The number of carbonyl (C=O) groups excluding carboxylic acids is 2. The molecule has 0 radical (unpaired) electrons. The summed E-state index contributed by atoms with van der Waals surface area (Å²) < 4.78 is 27.3. The number of hydrogen-bond donors (Lipinski definition) is 1. The van der Waals surface area contributed by atoms with E-state index < -0.39 is 15.6 Å². The molecule has 1 aromatic carbocycles. The van der Waals surface area contributed by atoms with Gasteiger partial charge in [-0.15, -0.1) is 0 Å². The first kappa shape index (κ1) is 22.8. The number of piperazine rings is 1. The first-order chi connectivity index (χ1) is 14.6. The lowest BCUT2D eigenvalue weighted by Gasteiger charge is -2.38. The van der Waals surface area contributed by atoms with Gasteiger partial charge < -0.3 is 5.32 Å². The zero-order valence-electron chi connectivity index (χ0n) is 17.3. The minimum absolute atomic E-state index is 0.0163. The fraction of sp³-hybridized carbons (Fsp3) is 0.600. The Kier molecular flexibility index (Phi) is 6.26. The SMILES string of the molecule is CC1CCCCC12NC(=O)N(CN1CCN(S(=O)(=O)c3cc(Cl)ccc3Cl)CC1)C2=O. The van der Waals surface area contributed by atoms with Gasteiger partial charge in [0, 0.05) is 31.2 Å². The van der Waals surface area contributed by atoms with Crippen LogP contribution >= 0.6 is 23.2 Å². The number of benzene rings is 1. The van der Waals surface area contributed by atoms with Gasteiger partial charge in [0.25, 0.3) is 5.91 Å². The molecule has 1 aliphatic carbocycles. The molecule has 170 valence electrons. The largest absolute Gasteiger partial charge is 0.326 e. The zero-order chi connectivity index (χ0) is 22.4. The van der Waals surface area contributed by atoms with Crippen molar-refractivity contribution >= 4 is 45.2 Å². The molecule has 3 fully saturated rings. The van der Waals surface area contributed by atoms with Gasteiger partial charge in [0.05, 0.1) is 11.7 Å². The molecule has 2 aliphatic heterocycles. The lowest BCUT2D eigenvalue weighted by molar-refractivity contribution is -0.135. The molecule has 2 atom stereocenters. The van der Waals surface area contributed by atoms with Crippen LogP contribution in [0.1, 0.15) is 32.6 Å². The number of nitrogens with one attached hydrogen (secondary N) is 1. The highest BCUT2D eigenvalue weighted by molar-refractivity contribution is 7.89. The van der Waals surface area contributed by atoms with Crippen LogP contribution in [0.5, 0.6) is 0 Å². The summed E-state index contributed by atoms with van der Waals surface area (Å²) in [7, 11) is -3.79. The lowest BCUT2D eigenvalue weighted by atomic mass is 9.73. The average molecular weight is 489 g/mol. The summed E-state index contributed by atoms with van der Waals surface area (Å²) >= 11 is 12.0. The summed E-state index contributed by atoms with van der Waals surface area (Å²) in [5.41, 5.74) is -0.788. The summed E-state index contributed by atoms with van der Waals surface area (Å²) in [6.45, 7) is 3.44. The summed E-state index contributed by atoms with van der Waals surface area (Å²) in [5.74, 6) is -0.0578. The van der Waals surface area contributed by atoms with Gasteiger partial charge in [-0.2, -0.15) is 4.31 Å². The predicted octanol–water partition coefficient (Wildman–Crippen LogP) is 2.76. The van der Waals surface area contributed by atoms with Crippen LogP contribution in [0.25, 0.3) is 0 Å².